The summed E-state index contributed by atoms with van der Waals surface area (Å²) in [5, 5.41) is 22.3. The number of allylic oxidation sites excluding steroid dienone is 3. The largest absolute Gasteiger partial charge is 0.394 e. The molecule has 1 amide bonds. The van der Waals surface area contributed by atoms with Crippen molar-refractivity contribution in [3.05, 3.63) is 24.3 Å². The van der Waals surface area contributed by atoms with Crippen LogP contribution in [0.25, 0.3) is 0 Å². The lowest BCUT2D eigenvalue weighted by molar-refractivity contribution is -0.123. The molecule has 32 heavy (non-hydrogen) atoms. The van der Waals surface area contributed by atoms with Crippen molar-refractivity contribution >= 4 is 5.91 Å². The van der Waals surface area contributed by atoms with E-state index in [1.165, 1.54) is 70.6 Å². The van der Waals surface area contributed by atoms with Crippen molar-refractivity contribution in [2.45, 2.75) is 142 Å². The standard InChI is InChI=1S/C28H53NO3/c1-3-5-7-8-9-10-11-12-13-14-15-16-17-18-19-20-22-23-27(31)26(25-30)29-28(32)24-21-6-4-2/h17-18,22-23,26-27,30-31H,3-16,19-21,24-25H2,1-2H3,(H,29,32)/b18-17+,23-22+. The third kappa shape index (κ3) is 20.8. The summed E-state index contributed by atoms with van der Waals surface area (Å²) in [6.45, 7) is 4.10. The number of nitrogens with one attached hydrogen (secondary N) is 1. The van der Waals surface area contributed by atoms with E-state index in [2.05, 4.69) is 31.3 Å². The van der Waals surface area contributed by atoms with Crippen molar-refractivity contribution in [1.82, 2.24) is 5.32 Å². The Morgan fingerprint density at radius 2 is 1.22 bits per heavy atom. The topological polar surface area (TPSA) is 69.6 Å². The van der Waals surface area contributed by atoms with Crippen molar-refractivity contribution in [2.24, 2.45) is 0 Å². The quantitative estimate of drug-likeness (QED) is 0.116. The first kappa shape index (κ1) is 30.9. The van der Waals surface area contributed by atoms with Crippen LogP contribution in [0.2, 0.25) is 0 Å². The van der Waals surface area contributed by atoms with E-state index in [4.69, 9.17) is 0 Å². The fraction of sp³-hybridized carbons (Fsp3) is 0.821. The molecule has 0 bridgehead atoms. The van der Waals surface area contributed by atoms with Gasteiger partial charge in [-0.15, -0.1) is 0 Å². The van der Waals surface area contributed by atoms with E-state index in [0.717, 1.165) is 38.5 Å². The molecule has 0 heterocycles. The summed E-state index contributed by atoms with van der Waals surface area (Å²) in [7, 11) is 0. The van der Waals surface area contributed by atoms with Gasteiger partial charge in [0.15, 0.2) is 0 Å². The van der Waals surface area contributed by atoms with Crippen molar-refractivity contribution in [2.75, 3.05) is 6.61 Å². The molecule has 0 aliphatic rings. The number of hydrogen-bond acceptors (Lipinski definition) is 3. The highest BCUT2D eigenvalue weighted by molar-refractivity contribution is 5.76. The summed E-state index contributed by atoms with van der Waals surface area (Å²) in [5.74, 6) is -0.102. The monoisotopic (exact) mass is 451 g/mol. The molecule has 0 rings (SSSR count). The number of carbonyl (C=O) groups is 1. The van der Waals surface area contributed by atoms with Gasteiger partial charge in [0.05, 0.1) is 18.8 Å². The minimum atomic E-state index is -0.851. The van der Waals surface area contributed by atoms with Crippen LogP contribution in [0, 0.1) is 0 Å². The number of unbranched alkanes of at least 4 members (excludes halogenated alkanes) is 14. The minimum Gasteiger partial charge on any atom is -0.394 e. The van der Waals surface area contributed by atoms with Gasteiger partial charge >= 0.3 is 0 Å². The van der Waals surface area contributed by atoms with Crippen molar-refractivity contribution in [3.8, 4) is 0 Å². The maximum Gasteiger partial charge on any atom is 0.220 e. The first-order chi connectivity index (χ1) is 15.7. The second kappa shape index (κ2) is 24.5. The minimum absolute atomic E-state index is 0.102. The zero-order valence-electron chi connectivity index (χ0n) is 21.2. The van der Waals surface area contributed by atoms with Crippen molar-refractivity contribution in [1.29, 1.82) is 0 Å². The lowest BCUT2D eigenvalue weighted by atomic mass is 10.1. The molecule has 0 saturated heterocycles. The predicted octanol–water partition coefficient (Wildman–Crippen LogP) is 7.00. The lowest BCUT2D eigenvalue weighted by Crippen LogP contribution is -2.45. The Kier molecular flexibility index (Phi) is 23.6. The molecule has 4 heteroatoms. The molecule has 0 aromatic carbocycles. The second-order valence-electron chi connectivity index (χ2n) is 9.11. The third-order valence-electron chi connectivity index (χ3n) is 5.94. The molecule has 0 aromatic heterocycles. The summed E-state index contributed by atoms with van der Waals surface area (Å²) < 4.78 is 0. The van der Waals surface area contributed by atoms with Gasteiger partial charge in [-0.05, 0) is 32.1 Å². The SMILES string of the molecule is CCCCCCCCCCCCC/C=C/CC/C=C/C(O)C(CO)NC(=O)CCCCC. The average molecular weight is 452 g/mol. The fourth-order valence-electron chi connectivity index (χ4n) is 3.78. The van der Waals surface area contributed by atoms with Gasteiger partial charge in [0.1, 0.15) is 0 Å². The summed E-state index contributed by atoms with van der Waals surface area (Å²) in [4.78, 5) is 11.9. The first-order valence-electron chi connectivity index (χ1n) is 13.6. The molecule has 0 spiro atoms. The maximum absolute atomic E-state index is 11.9. The van der Waals surface area contributed by atoms with E-state index >= 15 is 0 Å². The summed E-state index contributed by atoms with van der Waals surface area (Å²) in [5.41, 5.74) is 0. The van der Waals surface area contributed by atoms with Crippen LogP contribution in [0.4, 0.5) is 0 Å². The van der Waals surface area contributed by atoms with E-state index in [9.17, 15) is 15.0 Å². The van der Waals surface area contributed by atoms with Gasteiger partial charge in [-0.3, -0.25) is 4.79 Å². The second-order valence-corrected chi connectivity index (χ2v) is 9.11. The van der Waals surface area contributed by atoms with E-state index in [1.54, 1.807) is 6.08 Å². The van der Waals surface area contributed by atoms with Crippen LogP contribution < -0.4 is 5.32 Å². The molecule has 0 saturated carbocycles. The zero-order chi connectivity index (χ0) is 23.7. The molecule has 4 nitrogen and oxygen atoms in total. The third-order valence-corrected chi connectivity index (χ3v) is 5.94. The molecule has 0 radical (unpaired) electrons. The number of carbonyl (C=O) groups excluding carboxylic acids is 1. The Hall–Kier alpha value is -1.13. The van der Waals surface area contributed by atoms with Crippen LogP contribution >= 0.6 is 0 Å². The van der Waals surface area contributed by atoms with Gasteiger partial charge in [0.25, 0.3) is 0 Å². The number of aliphatic hydroxyl groups excluding tert-OH is 2. The lowest BCUT2D eigenvalue weighted by Gasteiger charge is -2.19. The summed E-state index contributed by atoms with van der Waals surface area (Å²) in [6, 6.07) is -0.628. The first-order valence-corrected chi connectivity index (χ1v) is 13.6. The fourth-order valence-corrected chi connectivity index (χ4v) is 3.78. The molecule has 0 aliphatic heterocycles. The van der Waals surface area contributed by atoms with Crippen LogP contribution in [-0.2, 0) is 4.79 Å². The predicted molar refractivity (Wildman–Crippen MR) is 138 cm³/mol. The molecule has 0 fully saturated rings. The van der Waals surface area contributed by atoms with Crippen molar-refractivity contribution < 1.29 is 15.0 Å². The molecule has 188 valence electrons. The summed E-state index contributed by atoms with van der Waals surface area (Å²) in [6.07, 6.45) is 28.8. The van der Waals surface area contributed by atoms with Crippen LogP contribution in [-0.4, -0.2) is 34.9 Å². The molecule has 0 aliphatic carbocycles. The van der Waals surface area contributed by atoms with Gasteiger partial charge in [-0.1, -0.05) is 115 Å². The normalized spacial score (nSPS) is 13.8. The van der Waals surface area contributed by atoms with Gasteiger partial charge in [0.2, 0.25) is 5.91 Å². The summed E-state index contributed by atoms with van der Waals surface area (Å²) >= 11 is 0. The van der Waals surface area contributed by atoms with E-state index < -0.39 is 12.1 Å². The van der Waals surface area contributed by atoms with Gasteiger partial charge in [-0.2, -0.15) is 0 Å². The Labute approximate surface area is 199 Å². The number of amides is 1. The molecular formula is C28H53NO3. The Morgan fingerprint density at radius 3 is 1.81 bits per heavy atom. The Bertz CT molecular complexity index is 462. The van der Waals surface area contributed by atoms with Crippen LogP contribution in [0.5, 0.6) is 0 Å². The molecule has 3 N–H and O–H groups in total. The van der Waals surface area contributed by atoms with E-state index in [1.807, 2.05) is 6.08 Å². The number of rotatable bonds is 23. The molecule has 2 unspecified atom stereocenters. The highest BCUT2D eigenvalue weighted by Crippen LogP contribution is 2.12. The smallest absolute Gasteiger partial charge is 0.220 e. The molecule has 0 aromatic rings. The maximum atomic E-state index is 11.9. The van der Waals surface area contributed by atoms with Gasteiger partial charge < -0.3 is 15.5 Å². The van der Waals surface area contributed by atoms with Gasteiger partial charge in [-0.25, -0.2) is 0 Å². The zero-order valence-corrected chi connectivity index (χ0v) is 21.2. The molecular weight excluding hydrogens is 398 g/mol. The van der Waals surface area contributed by atoms with Crippen LogP contribution in [0.1, 0.15) is 129 Å². The number of hydrogen-bond donors (Lipinski definition) is 3. The Morgan fingerprint density at radius 1 is 0.719 bits per heavy atom. The van der Waals surface area contributed by atoms with E-state index in [0.29, 0.717) is 6.42 Å². The van der Waals surface area contributed by atoms with Crippen LogP contribution in [0.3, 0.4) is 0 Å². The highest BCUT2D eigenvalue weighted by Gasteiger charge is 2.17. The van der Waals surface area contributed by atoms with Crippen LogP contribution in [0.15, 0.2) is 24.3 Å². The van der Waals surface area contributed by atoms with Crippen molar-refractivity contribution in [3.63, 3.8) is 0 Å². The Balaban J connectivity index is 3.64. The number of aliphatic hydroxyl groups is 2. The van der Waals surface area contributed by atoms with E-state index in [-0.39, 0.29) is 12.5 Å². The average Bonchev–Trinajstić information content (AvgIpc) is 2.79. The van der Waals surface area contributed by atoms with Gasteiger partial charge in [0, 0.05) is 6.42 Å². The highest BCUT2D eigenvalue weighted by atomic mass is 16.3. The molecule has 2 atom stereocenters.